The summed E-state index contributed by atoms with van der Waals surface area (Å²) in [5.41, 5.74) is 4.83. The second-order valence-electron chi connectivity index (χ2n) is 6.89. The summed E-state index contributed by atoms with van der Waals surface area (Å²) in [4.78, 5) is 0. The Morgan fingerprint density at radius 1 is 1.24 bits per heavy atom. The molecule has 7 heteroatoms. The summed E-state index contributed by atoms with van der Waals surface area (Å²) < 4.78 is 16.8. The lowest BCUT2D eigenvalue weighted by molar-refractivity contribution is 0.174. The number of fused-ring (bicyclic) bond motifs is 1. The zero-order chi connectivity index (χ0) is 20.8. The fourth-order valence-corrected chi connectivity index (χ4v) is 3.06. The largest absolute Gasteiger partial charge is 0.475 e. The van der Waals surface area contributed by atoms with Crippen molar-refractivity contribution >= 4 is 11.6 Å². The molecular formula is C22H28N4O3. The molecule has 0 unspecified atom stereocenters. The highest BCUT2D eigenvalue weighted by Gasteiger charge is 2.15. The molecule has 7 nitrogen and oxygen atoms in total. The Morgan fingerprint density at radius 3 is 2.79 bits per heavy atom. The van der Waals surface area contributed by atoms with Gasteiger partial charge in [0.05, 0.1) is 11.4 Å². The van der Waals surface area contributed by atoms with E-state index in [0.717, 1.165) is 46.0 Å². The van der Waals surface area contributed by atoms with Crippen LogP contribution in [0, 0.1) is 0 Å². The average Bonchev–Trinajstić information content (AvgIpc) is 3.10. The van der Waals surface area contributed by atoms with Crippen LogP contribution in [-0.2, 0) is 4.74 Å². The van der Waals surface area contributed by atoms with Gasteiger partial charge in [-0.3, -0.25) is 0 Å². The molecule has 0 saturated carbocycles. The number of benzene rings is 1. The van der Waals surface area contributed by atoms with Crippen LogP contribution in [0.4, 0.5) is 0 Å². The first kappa shape index (κ1) is 20.7. The molecule has 1 aliphatic heterocycles. The normalized spacial score (nSPS) is 16.7. The zero-order valence-electron chi connectivity index (χ0n) is 17.4. The first-order valence-corrected chi connectivity index (χ1v) is 9.68. The molecular weight excluding hydrogens is 368 g/mol. The number of hydrogen-bond acceptors (Lipinski definition) is 7. The monoisotopic (exact) mass is 396 g/mol. The van der Waals surface area contributed by atoms with Gasteiger partial charge in [0.2, 0.25) is 12.7 Å². The lowest BCUT2D eigenvalue weighted by atomic mass is 10.1. The average molecular weight is 396 g/mol. The zero-order valence-corrected chi connectivity index (χ0v) is 17.4. The van der Waals surface area contributed by atoms with Crippen molar-refractivity contribution < 1.29 is 14.2 Å². The fraction of sp³-hybridized carbons (Fsp3) is 0.364. The van der Waals surface area contributed by atoms with Crippen LogP contribution in [0.3, 0.4) is 0 Å². The maximum Gasteiger partial charge on any atom is 0.231 e. The molecule has 1 heterocycles. The van der Waals surface area contributed by atoms with E-state index in [4.69, 9.17) is 20.1 Å². The third kappa shape index (κ3) is 5.06. The summed E-state index contributed by atoms with van der Waals surface area (Å²) in [5.74, 6) is 8.04. The van der Waals surface area contributed by atoms with Crippen LogP contribution in [-0.4, -0.2) is 37.1 Å². The van der Waals surface area contributed by atoms with E-state index in [1.807, 2.05) is 39.1 Å². The van der Waals surface area contributed by atoms with Crippen LogP contribution < -0.4 is 15.3 Å². The van der Waals surface area contributed by atoms with Crippen molar-refractivity contribution in [3.8, 4) is 11.5 Å². The van der Waals surface area contributed by atoms with E-state index in [1.54, 1.807) is 5.01 Å². The summed E-state index contributed by atoms with van der Waals surface area (Å²) >= 11 is 0. The number of hydrogen-bond donors (Lipinski definition) is 1. The van der Waals surface area contributed by atoms with E-state index < -0.39 is 0 Å². The lowest BCUT2D eigenvalue weighted by Crippen LogP contribution is -2.28. The van der Waals surface area contributed by atoms with Gasteiger partial charge in [0.1, 0.15) is 6.61 Å². The number of nitrogens with zero attached hydrogens (tertiary/aromatic N) is 3. The SMILES string of the molecule is CCC(=NN=C(C)c1ccc2c(c1)OCO2)OCC1=C(C)C=CCC=C1N(C)N. The second kappa shape index (κ2) is 9.43. The smallest absolute Gasteiger partial charge is 0.231 e. The molecule has 0 fully saturated rings. The molecule has 1 aromatic carbocycles. The number of likely N-dealkylation sites (N-methyl/N-ethyl adjacent to an activating group) is 1. The summed E-state index contributed by atoms with van der Waals surface area (Å²) in [6.07, 6.45) is 7.77. The van der Waals surface area contributed by atoms with Crippen LogP contribution in [0.25, 0.3) is 0 Å². The fourth-order valence-electron chi connectivity index (χ4n) is 3.06. The molecule has 1 aromatic rings. The standard InChI is InChI=1S/C22H28N4O3/c1-5-22(27-13-18-15(2)8-6-7-9-19(18)26(4)23)25-24-16(3)17-10-11-20-21(12-17)29-14-28-20/h6,8-12H,5,7,13-14,23H2,1-4H3. The number of rotatable bonds is 6. The lowest BCUT2D eigenvalue weighted by Gasteiger charge is -2.21. The van der Waals surface area contributed by atoms with E-state index in [2.05, 4.69) is 35.4 Å². The Hall–Kier alpha value is -3.06. The third-order valence-corrected chi connectivity index (χ3v) is 4.77. The van der Waals surface area contributed by atoms with Gasteiger partial charge >= 0.3 is 0 Å². The molecule has 154 valence electrons. The first-order valence-electron chi connectivity index (χ1n) is 9.68. The van der Waals surface area contributed by atoms with Gasteiger partial charge in [-0.25, -0.2) is 5.84 Å². The Bertz CT molecular complexity index is 911. The number of nitrogens with two attached hydrogens (primary N) is 1. The molecule has 0 aromatic heterocycles. The number of hydrazine groups is 1. The summed E-state index contributed by atoms with van der Waals surface area (Å²) in [7, 11) is 1.83. The van der Waals surface area contributed by atoms with Gasteiger partial charge in [-0.15, -0.1) is 5.10 Å². The van der Waals surface area contributed by atoms with Crippen LogP contribution in [0.2, 0.25) is 0 Å². The summed E-state index contributed by atoms with van der Waals surface area (Å²) in [5, 5.41) is 10.3. The molecule has 2 aliphatic rings. The molecule has 29 heavy (non-hydrogen) atoms. The topological polar surface area (TPSA) is 81.7 Å². The van der Waals surface area contributed by atoms with Gasteiger partial charge in [0.15, 0.2) is 11.5 Å². The van der Waals surface area contributed by atoms with Crippen molar-refractivity contribution in [2.24, 2.45) is 16.0 Å². The second-order valence-corrected chi connectivity index (χ2v) is 6.89. The van der Waals surface area contributed by atoms with Crippen LogP contribution in [0.15, 0.2) is 63.5 Å². The third-order valence-electron chi connectivity index (χ3n) is 4.77. The van der Waals surface area contributed by atoms with Crippen molar-refractivity contribution in [2.75, 3.05) is 20.4 Å². The van der Waals surface area contributed by atoms with Gasteiger partial charge in [0, 0.05) is 24.6 Å². The van der Waals surface area contributed by atoms with Crippen molar-refractivity contribution in [3.05, 3.63) is 58.8 Å². The van der Waals surface area contributed by atoms with Gasteiger partial charge in [-0.2, -0.15) is 5.10 Å². The van der Waals surface area contributed by atoms with Crippen LogP contribution in [0.5, 0.6) is 11.5 Å². The minimum absolute atomic E-state index is 0.250. The summed E-state index contributed by atoms with van der Waals surface area (Å²) in [6.45, 7) is 6.59. The van der Waals surface area contributed by atoms with Gasteiger partial charge in [-0.05, 0) is 44.0 Å². The highest BCUT2D eigenvalue weighted by atomic mass is 16.7. The molecule has 0 bridgehead atoms. The van der Waals surface area contributed by atoms with Gasteiger partial charge < -0.3 is 19.2 Å². The Labute approximate surface area is 171 Å². The summed E-state index contributed by atoms with van der Waals surface area (Å²) in [6, 6.07) is 5.72. The maximum atomic E-state index is 6.01. The van der Waals surface area contributed by atoms with E-state index in [0.29, 0.717) is 18.9 Å². The molecule has 0 saturated heterocycles. The molecule has 0 radical (unpaired) electrons. The van der Waals surface area contributed by atoms with E-state index in [9.17, 15) is 0 Å². The molecule has 2 N–H and O–H groups in total. The number of ether oxygens (including phenoxy) is 3. The van der Waals surface area contributed by atoms with E-state index >= 15 is 0 Å². The first-order chi connectivity index (χ1) is 14.0. The Kier molecular flexibility index (Phi) is 6.72. The molecule has 0 amide bonds. The molecule has 0 spiro atoms. The minimum Gasteiger partial charge on any atom is -0.475 e. The molecule has 3 rings (SSSR count). The van der Waals surface area contributed by atoms with Gasteiger partial charge in [-0.1, -0.05) is 25.2 Å². The minimum atomic E-state index is 0.250. The quantitative estimate of drug-likeness (QED) is 0.341. The maximum absolute atomic E-state index is 6.01. The van der Waals surface area contributed by atoms with Gasteiger partial charge in [0.25, 0.3) is 0 Å². The Morgan fingerprint density at radius 2 is 2.03 bits per heavy atom. The highest BCUT2D eigenvalue weighted by Crippen LogP contribution is 2.32. The van der Waals surface area contributed by atoms with Crippen LogP contribution in [0.1, 0.15) is 39.2 Å². The number of allylic oxidation sites excluding steroid dienone is 4. The van der Waals surface area contributed by atoms with E-state index in [-0.39, 0.29) is 6.79 Å². The van der Waals surface area contributed by atoms with E-state index in [1.165, 1.54) is 0 Å². The van der Waals surface area contributed by atoms with Crippen molar-refractivity contribution in [3.63, 3.8) is 0 Å². The predicted octanol–water partition coefficient (Wildman–Crippen LogP) is 3.93. The van der Waals surface area contributed by atoms with Crippen molar-refractivity contribution in [1.82, 2.24) is 5.01 Å². The van der Waals surface area contributed by atoms with Crippen molar-refractivity contribution in [2.45, 2.75) is 33.6 Å². The molecule has 0 atom stereocenters. The molecule has 1 aliphatic carbocycles. The Balaban J connectivity index is 1.73. The highest BCUT2D eigenvalue weighted by molar-refractivity contribution is 5.99. The predicted molar refractivity (Wildman–Crippen MR) is 115 cm³/mol. The van der Waals surface area contributed by atoms with Crippen molar-refractivity contribution in [1.29, 1.82) is 0 Å². The van der Waals surface area contributed by atoms with Crippen LogP contribution >= 0.6 is 0 Å².